The van der Waals surface area contributed by atoms with E-state index in [-0.39, 0.29) is 29.7 Å². The van der Waals surface area contributed by atoms with Gasteiger partial charge in [0, 0.05) is 18.4 Å². The molecule has 1 aromatic rings. The quantitative estimate of drug-likeness (QED) is 0.760. The number of hydrogen-bond acceptors (Lipinski definition) is 5. The summed E-state index contributed by atoms with van der Waals surface area (Å²) in [7, 11) is 0. The van der Waals surface area contributed by atoms with Gasteiger partial charge in [0.15, 0.2) is 0 Å². The SMILES string of the molecule is O=C(CC1CCCCC1)NC1CCC(C(=O)Nc2nn[nH]n2)CC1. The second-order valence-electron chi connectivity index (χ2n) is 7.05. The lowest BCUT2D eigenvalue weighted by Gasteiger charge is -2.29. The van der Waals surface area contributed by atoms with Crippen LogP contribution in [-0.2, 0) is 9.59 Å². The largest absolute Gasteiger partial charge is 0.353 e. The summed E-state index contributed by atoms with van der Waals surface area (Å²) in [5.74, 6) is 0.846. The Bertz CT molecular complexity index is 533. The van der Waals surface area contributed by atoms with Crippen LogP contribution in [0.25, 0.3) is 0 Å². The molecule has 0 bridgehead atoms. The van der Waals surface area contributed by atoms with Crippen molar-refractivity contribution in [3.05, 3.63) is 0 Å². The number of anilines is 1. The molecule has 2 saturated carbocycles. The Morgan fingerprint density at radius 3 is 2.46 bits per heavy atom. The number of carbonyl (C=O) groups is 2. The first kappa shape index (κ1) is 16.9. The average molecular weight is 334 g/mol. The molecule has 1 aromatic heterocycles. The predicted octanol–water partition coefficient (Wildman–Crippen LogP) is 1.78. The molecule has 3 rings (SSSR count). The van der Waals surface area contributed by atoms with Crippen LogP contribution in [0.4, 0.5) is 5.95 Å². The van der Waals surface area contributed by atoms with E-state index in [1.165, 1.54) is 32.1 Å². The van der Waals surface area contributed by atoms with Crippen molar-refractivity contribution in [3.8, 4) is 0 Å². The number of amides is 2. The molecule has 1 heterocycles. The highest BCUT2D eigenvalue weighted by Crippen LogP contribution is 2.28. The van der Waals surface area contributed by atoms with Gasteiger partial charge in [-0.15, -0.1) is 5.10 Å². The first-order valence-electron chi connectivity index (χ1n) is 9.04. The van der Waals surface area contributed by atoms with Crippen molar-refractivity contribution in [2.75, 3.05) is 5.32 Å². The second kappa shape index (κ2) is 8.21. The smallest absolute Gasteiger partial charge is 0.269 e. The van der Waals surface area contributed by atoms with E-state index < -0.39 is 0 Å². The molecule has 2 aliphatic carbocycles. The van der Waals surface area contributed by atoms with Crippen LogP contribution in [0.2, 0.25) is 0 Å². The minimum Gasteiger partial charge on any atom is -0.353 e. The molecule has 8 nitrogen and oxygen atoms in total. The molecule has 24 heavy (non-hydrogen) atoms. The Kier molecular flexibility index (Phi) is 5.77. The molecule has 0 atom stereocenters. The van der Waals surface area contributed by atoms with Crippen molar-refractivity contribution >= 4 is 17.8 Å². The van der Waals surface area contributed by atoms with Crippen LogP contribution in [0, 0.1) is 11.8 Å². The lowest BCUT2D eigenvalue weighted by atomic mass is 9.84. The second-order valence-corrected chi connectivity index (χ2v) is 7.05. The molecule has 3 N–H and O–H groups in total. The molecule has 0 aromatic carbocycles. The molecule has 0 radical (unpaired) electrons. The van der Waals surface area contributed by atoms with E-state index in [4.69, 9.17) is 0 Å². The van der Waals surface area contributed by atoms with E-state index in [1.807, 2.05) is 0 Å². The third kappa shape index (κ3) is 4.75. The van der Waals surface area contributed by atoms with Crippen LogP contribution in [0.1, 0.15) is 64.2 Å². The molecule has 2 fully saturated rings. The van der Waals surface area contributed by atoms with Crippen LogP contribution in [0.15, 0.2) is 0 Å². The van der Waals surface area contributed by atoms with Gasteiger partial charge in [-0.2, -0.15) is 5.21 Å². The maximum atomic E-state index is 12.2. The highest BCUT2D eigenvalue weighted by molar-refractivity contribution is 5.90. The maximum Gasteiger partial charge on any atom is 0.269 e. The van der Waals surface area contributed by atoms with E-state index in [9.17, 15) is 9.59 Å². The van der Waals surface area contributed by atoms with Gasteiger partial charge >= 0.3 is 0 Å². The van der Waals surface area contributed by atoms with Gasteiger partial charge in [-0.1, -0.05) is 24.4 Å². The van der Waals surface area contributed by atoms with Crippen LogP contribution < -0.4 is 10.6 Å². The van der Waals surface area contributed by atoms with Gasteiger partial charge in [-0.05, 0) is 49.7 Å². The van der Waals surface area contributed by atoms with Crippen molar-refractivity contribution in [2.24, 2.45) is 11.8 Å². The van der Waals surface area contributed by atoms with Gasteiger partial charge in [0.1, 0.15) is 0 Å². The third-order valence-electron chi connectivity index (χ3n) is 5.24. The summed E-state index contributed by atoms with van der Waals surface area (Å²) in [5.41, 5.74) is 0. The minimum atomic E-state index is -0.0663. The summed E-state index contributed by atoms with van der Waals surface area (Å²) in [6.07, 6.45) is 10.1. The van der Waals surface area contributed by atoms with Gasteiger partial charge in [-0.25, -0.2) is 0 Å². The summed E-state index contributed by atoms with van der Waals surface area (Å²) in [6.45, 7) is 0. The Morgan fingerprint density at radius 1 is 1.04 bits per heavy atom. The van der Waals surface area contributed by atoms with Crippen LogP contribution in [-0.4, -0.2) is 38.5 Å². The molecule has 132 valence electrons. The summed E-state index contributed by atoms with van der Waals surface area (Å²) >= 11 is 0. The molecular weight excluding hydrogens is 308 g/mol. The van der Waals surface area contributed by atoms with Crippen molar-refractivity contribution < 1.29 is 9.59 Å². The normalized spacial score (nSPS) is 25.2. The molecular formula is C16H26N6O2. The first-order chi connectivity index (χ1) is 11.7. The summed E-state index contributed by atoms with van der Waals surface area (Å²) in [5, 5.41) is 19.0. The topological polar surface area (TPSA) is 113 Å². The maximum absolute atomic E-state index is 12.2. The molecule has 2 aliphatic rings. The van der Waals surface area contributed by atoms with Crippen LogP contribution in [0.3, 0.4) is 0 Å². The summed E-state index contributed by atoms with van der Waals surface area (Å²) in [6, 6.07) is 0.204. The van der Waals surface area contributed by atoms with Crippen molar-refractivity contribution in [1.29, 1.82) is 0 Å². The van der Waals surface area contributed by atoms with Crippen molar-refractivity contribution in [1.82, 2.24) is 25.9 Å². The van der Waals surface area contributed by atoms with Crippen molar-refractivity contribution in [3.63, 3.8) is 0 Å². The fraction of sp³-hybridized carbons (Fsp3) is 0.812. The number of aromatic nitrogens is 4. The van der Waals surface area contributed by atoms with E-state index in [0.29, 0.717) is 12.3 Å². The average Bonchev–Trinajstić information content (AvgIpc) is 3.09. The monoisotopic (exact) mass is 334 g/mol. The van der Waals surface area contributed by atoms with Gasteiger partial charge in [-0.3, -0.25) is 14.9 Å². The summed E-state index contributed by atoms with van der Waals surface area (Å²) < 4.78 is 0. The van der Waals surface area contributed by atoms with Gasteiger partial charge in [0.2, 0.25) is 11.8 Å². The predicted molar refractivity (Wildman–Crippen MR) is 87.9 cm³/mol. The zero-order valence-corrected chi connectivity index (χ0v) is 14.0. The van der Waals surface area contributed by atoms with Crippen LogP contribution >= 0.6 is 0 Å². The number of rotatable bonds is 5. The van der Waals surface area contributed by atoms with Gasteiger partial charge < -0.3 is 5.32 Å². The Morgan fingerprint density at radius 2 is 1.79 bits per heavy atom. The molecule has 0 aliphatic heterocycles. The fourth-order valence-corrected chi connectivity index (χ4v) is 3.87. The number of aromatic amines is 1. The number of carbonyl (C=O) groups excluding carboxylic acids is 2. The standard InChI is InChI=1S/C16H26N6O2/c23-14(10-11-4-2-1-3-5-11)17-13-8-6-12(7-9-13)15(24)18-16-19-21-22-20-16/h11-13H,1-10H2,(H,17,23)(H2,18,19,20,21,22,24). The van der Waals surface area contributed by atoms with Crippen LogP contribution in [0.5, 0.6) is 0 Å². The molecule has 2 amide bonds. The molecule has 0 spiro atoms. The number of hydrogen-bond donors (Lipinski definition) is 3. The molecule has 0 saturated heterocycles. The number of H-pyrrole nitrogens is 1. The number of tetrazole rings is 1. The zero-order valence-electron chi connectivity index (χ0n) is 14.0. The lowest BCUT2D eigenvalue weighted by Crippen LogP contribution is -2.40. The number of nitrogens with zero attached hydrogens (tertiary/aromatic N) is 3. The van der Waals surface area contributed by atoms with E-state index >= 15 is 0 Å². The van der Waals surface area contributed by atoms with E-state index in [1.54, 1.807) is 0 Å². The fourth-order valence-electron chi connectivity index (χ4n) is 3.87. The minimum absolute atomic E-state index is 0.0463. The van der Waals surface area contributed by atoms with Gasteiger partial charge in [0.05, 0.1) is 0 Å². The van der Waals surface area contributed by atoms with E-state index in [0.717, 1.165) is 25.7 Å². The highest BCUT2D eigenvalue weighted by Gasteiger charge is 2.28. The zero-order chi connectivity index (χ0) is 16.8. The van der Waals surface area contributed by atoms with E-state index in [2.05, 4.69) is 31.3 Å². The Balaban J connectivity index is 1.36. The third-order valence-corrected chi connectivity index (χ3v) is 5.24. The molecule has 0 unspecified atom stereocenters. The Hall–Kier alpha value is -1.99. The number of nitrogens with one attached hydrogen (secondary N) is 3. The Labute approximate surface area is 141 Å². The highest BCUT2D eigenvalue weighted by atomic mass is 16.2. The summed E-state index contributed by atoms with van der Waals surface area (Å²) in [4.78, 5) is 24.3. The lowest BCUT2D eigenvalue weighted by molar-refractivity contribution is -0.123. The molecule has 8 heteroatoms. The van der Waals surface area contributed by atoms with Gasteiger partial charge in [0.25, 0.3) is 5.95 Å². The van der Waals surface area contributed by atoms with Crippen molar-refractivity contribution in [2.45, 2.75) is 70.3 Å². The first-order valence-corrected chi connectivity index (χ1v) is 9.04.